The summed E-state index contributed by atoms with van der Waals surface area (Å²) in [7, 11) is 0. The summed E-state index contributed by atoms with van der Waals surface area (Å²) in [5.41, 5.74) is 5.56. The zero-order chi connectivity index (χ0) is 16.4. The zero-order valence-corrected chi connectivity index (χ0v) is 14.1. The standard InChI is InChI=1S/C18H13NS.C3H6/c1-3-14-17-11(2)12-8-6-10-16(12)20-18(17)13-7-4-5-9-15(13)19-14;1-3-2/h3-7,9-10H,1-2,8H2;3H,1H2,2H3. The number of fused-ring (bicyclic) bond motifs is 3. The average Bonchev–Trinajstić information content (AvgIpc) is 3.04. The van der Waals surface area contributed by atoms with Gasteiger partial charge in [-0.15, -0.1) is 6.58 Å². The molecule has 2 heteroatoms. The molecule has 114 valence electrons. The summed E-state index contributed by atoms with van der Waals surface area (Å²) in [6.45, 7) is 13.5. The summed E-state index contributed by atoms with van der Waals surface area (Å²) >= 11 is 1.83. The Morgan fingerprint density at radius 3 is 2.70 bits per heavy atom. The van der Waals surface area contributed by atoms with Gasteiger partial charge in [-0.25, -0.2) is 4.98 Å². The number of nitrogens with zero attached hydrogens (tertiary/aromatic N) is 1. The third-order valence-corrected chi connectivity index (χ3v) is 5.06. The molecule has 0 amide bonds. The van der Waals surface area contributed by atoms with Crippen LogP contribution in [0.25, 0.3) is 22.6 Å². The number of thioether (sulfide) groups is 1. The van der Waals surface area contributed by atoms with E-state index in [1.54, 1.807) is 6.08 Å². The SMILES string of the molecule is C=CC.C=Cc1nc2ccccc2c2c1C(=C)C1=C(C=CC1)S2. The molecule has 0 saturated heterocycles. The quantitative estimate of drug-likeness (QED) is 0.564. The first kappa shape index (κ1) is 15.6. The Kier molecular flexibility index (Phi) is 4.35. The maximum atomic E-state index is 4.74. The van der Waals surface area contributed by atoms with E-state index in [-0.39, 0.29) is 0 Å². The van der Waals surface area contributed by atoms with Crippen LogP contribution in [-0.2, 0) is 0 Å². The van der Waals surface area contributed by atoms with Crippen LogP contribution in [0, 0.1) is 0 Å². The first-order valence-electron chi connectivity index (χ1n) is 7.60. The van der Waals surface area contributed by atoms with Crippen molar-refractivity contribution in [2.24, 2.45) is 0 Å². The molecule has 0 unspecified atom stereocenters. The molecular formula is C21H19NS. The van der Waals surface area contributed by atoms with Gasteiger partial charge in [-0.2, -0.15) is 0 Å². The van der Waals surface area contributed by atoms with Gasteiger partial charge in [0, 0.05) is 20.8 Å². The van der Waals surface area contributed by atoms with Crippen LogP contribution in [0.3, 0.4) is 0 Å². The minimum atomic E-state index is 0.939. The Bertz CT molecular complexity index is 884. The van der Waals surface area contributed by atoms with Gasteiger partial charge in [0.1, 0.15) is 0 Å². The maximum absolute atomic E-state index is 4.74. The van der Waals surface area contributed by atoms with E-state index < -0.39 is 0 Å². The molecule has 1 aliphatic carbocycles. The highest BCUT2D eigenvalue weighted by molar-refractivity contribution is 8.03. The number of pyridine rings is 1. The van der Waals surface area contributed by atoms with Crippen LogP contribution in [0.1, 0.15) is 24.6 Å². The van der Waals surface area contributed by atoms with Crippen LogP contribution in [-0.4, -0.2) is 4.98 Å². The monoisotopic (exact) mass is 317 g/mol. The minimum absolute atomic E-state index is 0.939. The van der Waals surface area contributed by atoms with Crippen molar-refractivity contribution in [3.63, 3.8) is 0 Å². The molecule has 0 fully saturated rings. The lowest BCUT2D eigenvalue weighted by atomic mass is 9.95. The molecule has 1 aromatic carbocycles. The van der Waals surface area contributed by atoms with E-state index in [1.165, 1.54) is 20.8 Å². The number of benzene rings is 1. The molecule has 0 atom stereocenters. The van der Waals surface area contributed by atoms with Gasteiger partial charge in [-0.3, -0.25) is 0 Å². The maximum Gasteiger partial charge on any atom is 0.0721 e. The highest BCUT2D eigenvalue weighted by Crippen LogP contribution is 2.50. The van der Waals surface area contributed by atoms with E-state index in [0.717, 1.165) is 28.8 Å². The third kappa shape index (κ3) is 2.60. The lowest BCUT2D eigenvalue weighted by molar-refractivity contribution is 1.25. The topological polar surface area (TPSA) is 12.9 Å². The second-order valence-corrected chi connectivity index (χ2v) is 6.41. The fraction of sp³-hybridized carbons (Fsp3) is 0.0952. The summed E-state index contributed by atoms with van der Waals surface area (Å²) in [5.74, 6) is 0. The number of hydrogen-bond donors (Lipinski definition) is 0. The molecule has 1 nitrogen and oxygen atoms in total. The third-order valence-electron chi connectivity index (χ3n) is 3.83. The molecule has 1 aromatic heterocycles. The number of hydrogen-bond acceptors (Lipinski definition) is 2. The van der Waals surface area contributed by atoms with Crippen LogP contribution in [0.2, 0.25) is 0 Å². The predicted molar refractivity (Wildman–Crippen MR) is 103 cm³/mol. The van der Waals surface area contributed by atoms with E-state index in [2.05, 4.69) is 50.1 Å². The van der Waals surface area contributed by atoms with E-state index in [0.29, 0.717) is 0 Å². The van der Waals surface area contributed by atoms with Crippen molar-refractivity contribution in [1.82, 2.24) is 4.98 Å². The van der Waals surface area contributed by atoms with E-state index in [1.807, 2.05) is 30.8 Å². The molecule has 1 aliphatic heterocycles. The zero-order valence-electron chi connectivity index (χ0n) is 13.3. The molecule has 2 aliphatic rings. The van der Waals surface area contributed by atoms with Crippen molar-refractivity contribution in [3.8, 4) is 0 Å². The molecule has 0 bridgehead atoms. The van der Waals surface area contributed by atoms with Crippen LogP contribution in [0.4, 0.5) is 0 Å². The lowest BCUT2D eigenvalue weighted by Crippen LogP contribution is -2.03. The molecular weight excluding hydrogens is 298 g/mol. The molecule has 0 radical (unpaired) electrons. The van der Waals surface area contributed by atoms with Crippen molar-refractivity contribution in [1.29, 1.82) is 0 Å². The number of aromatic nitrogens is 1. The average molecular weight is 317 g/mol. The van der Waals surface area contributed by atoms with Crippen LogP contribution in [0.15, 0.2) is 77.6 Å². The molecule has 4 rings (SSSR count). The molecule has 2 heterocycles. The first-order chi connectivity index (χ1) is 11.2. The molecule has 0 saturated carbocycles. The fourth-order valence-electron chi connectivity index (χ4n) is 2.86. The second-order valence-electron chi connectivity index (χ2n) is 5.36. The Hall–Kier alpha value is -2.32. The summed E-state index contributed by atoms with van der Waals surface area (Å²) < 4.78 is 0. The normalized spacial score (nSPS) is 14.9. The Labute approximate surface area is 141 Å². The van der Waals surface area contributed by atoms with E-state index >= 15 is 0 Å². The van der Waals surface area contributed by atoms with Crippen LogP contribution >= 0.6 is 11.8 Å². The minimum Gasteiger partial charge on any atom is -0.248 e. The molecule has 0 N–H and O–H groups in total. The summed E-state index contributed by atoms with van der Waals surface area (Å²) in [6, 6.07) is 8.28. The molecule has 23 heavy (non-hydrogen) atoms. The fourth-order valence-corrected chi connectivity index (χ4v) is 4.18. The lowest BCUT2D eigenvalue weighted by Gasteiger charge is -2.23. The number of rotatable bonds is 1. The summed E-state index contributed by atoms with van der Waals surface area (Å²) in [5, 5.41) is 1.20. The number of allylic oxidation sites excluding steroid dienone is 5. The van der Waals surface area contributed by atoms with Gasteiger partial charge in [-0.1, -0.05) is 61.3 Å². The Morgan fingerprint density at radius 2 is 1.96 bits per heavy atom. The predicted octanol–water partition coefficient (Wildman–Crippen LogP) is 6.40. The van der Waals surface area contributed by atoms with Crippen LogP contribution in [0.5, 0.6) is 0 Å². The van der Waals surface area contributed by atoms with Gasteiger partial charge < -0.3 is 0 Å². The van der Waals surface area contributed by atoms with Gasteiger partial charge in [0.05, 0.1) is 11.2 Å². The summed E-state index contributed by atoms with van der Waals surface area (Å²) in [4.78, 5) is 7.33. The van der Waals surface area contributed by atoms with E-state index in [9.17, 15) is 0 Å². The van der Waals surface area contributed by atoms with Gasteiger partial charge in [0.2, 0.25) is 0 Å². The van der Waals surface area contributed by atoms with Crippen molar-refractivity contribution < 1.29 is 0 Å². The van der Waals surface area contributed by atoms with Crippen molar-refractivity contribution in [2.75, 3.05) is 0 Å². The Balaban J connectivity index is 0.000000485. The second kappa shape index (κ2) is 6.43. The highest BCUT2D eigenvalue weighted by atomic mass is 32.2. The highest BCUT2D eigenvalue weighted by Gasteiger charge is 2.26. The Morgan fingerprint density at radius 1 is 1.22 bits per heavy atom. The smallest absolute Gasteiger partial charge is 0.0721 e. The van der Waals surface area contributed by atoms with Crippen molar-refractivity contribution >= 4 is 34.3 Å². The number of para-hydroxylation sites is 1. The summed E-state index contributed by atoms with van der Waals surface area (Å²) in [6.07, 6.45) is 8.98. The van der Waals surface area contributed by atoms with E-state index in [4.69, 9.17) is 4.98 Å². The van der Waals surface area contributed by atoms with Crippen molar-refractivity contribution in [3.05, 3.63) is 84.0 Å². The molecule has 0 spiro atoms. The van der Waals surface area contributed by atoms with Gasteiger partial charge >= 0.3 is 0 Å². The first-order valence-corrected chi connectivity index (χ1v) is 8.42. The molecule has 2 aromatic rings. The van der Waals surface area contributed by atoms with Gasteiger partial charge in [0.15, 0.2) is 0 Å². The van der Waals surface area contributed by atoms with Gasteiger partial charge in [0.25, 0.3) is 0 Å². The largest absolute Gasteiger partial charge is 0.248 e. The van der Waals surface area contributed by atoms with Crippen molar-refractivity contribution in [2.45, 2.75) is 18.2 Å². The van der Waals surface area contributed by atoms with Crippen LogP contribution < -0.4 is 0 Å². The van der Waals surface area contributed by atoms with Gasteiger partial charge in [-0.05, 0) is 36.6 Å².